The lowest BCUT2D eigenvalue weighted by atomic mass is 9.98. The van der Waals surface area contributed by atoms with Crippen molar-refractivity contribution in [2.24, 2.45) is 0 Å². The van der Waals surface area contributed by atoms with Crippen LogP contribution in [0.3, 0.4) is 0 Å². The van der Waals surface area contributed by atoms with Crippen molar-refractivity contribution >= 4 is 16.7 Å². The van der Waals surface area contributed by atoms with Crippen LogP contribution in [0.5, 0.6) is 5.75 Å². The summed E-state index contributed by atoms with van der Waals surface area (Å²) >= 11 is 0. The molecule has 3 heterocycles. The Morgan fingerprint density at radius 1 is 1.15 bits per heavy atom. The standard InChI is InChI=1S/C26H26N4O4/c1-33-21-10-8-18(9-11-21)13-22-15-27-25(34-22)20-6-4-12-29(16-20)24(31)17-30-26(32)23-7-3-2-5-19(23)14-28-30/h2-3,5,7-11,14-15,20H,4,6,12-13,16-17H2,1H3/t20-/m0/s1. The Bertz CT molecular complexity index is 1360. The van der Waals surface area contributed by atoms with E-state index in [1.54, 1.807) is 30.5 Å². The molecule has 2 aromatic carbocycles. The second-order valence-corrected chi connectivity index (χ2v) is 8.56. The van der Waals surface area contributed by atoms with Gasteiger partial charge in [0.2, 0.25) is 5.91 Å². The van der Waals surface area contributed by atoms with E-state index in [1.165, 1.54) is 4.68 Å². The molecule has 0 N–H and O–H groups in total. The number of fused-ring (bicyclic) bond motifs is 1. The quantitative estimate of drug-likeness (QED) is 0.440. The summed E-state index contributed by atoms with van der Waals surface area (Å²) in [5.41, 5.74) is 0.855. The number of hydrogen-bond donors (Lipinski definition) is 0. The number of rotatable bonds is 6. The smallest absolute Gasteiger partial charge is 0.275 e. The van der Waals surface area contributed by atoms with E-state index in [-0.39, 0.29) is 23.9 Å². The molecule has 0 aliphatic carbocycles. The molecular formula is C26H26N4O4. The van der Waals surface area contributed by atoms with Gasteiger partial charge < -0.3 is 14.1 Å². The predicted octanol–water partition coefficient (Wildman–Crippen LogP) is 3.39. The second-order valence-electron chi connectivity index (χ2n) is 8.56. The first-order valence-electron chi connectivity index (χ1n) is 11.4. The SMILES string of the molecule is COc1ccc(Cc2cnc([C@H]3CCCN(C(=O)Cn4ncc5ccccc5c4=O)C3)o2)cc1. The van der Waals surface area contributed by atoms with E-state index in [0.29, 0.717) is 30.8 Å². The van der Waals surface area contributed by atoms with Crippen molar-refractivity contribution in [2.45, 2.75) is 31.7 Å². The van der Waals surface area contributed by atoms with Gasteiger partial charge in [-0.25, -0.2) is 9.67 Å². The lowest BCUT2D eigenvalue weighted by Crippen LogP contribution is -2.42. The zero-order chi connectivity index (χ0) is 23.5. The van der Waals surface area contributed by atoms with Gasteiger partial charge in [0.1, 0.15) is 18.1 Å². The number of hydrogen-bond acceptors (Lipinski definition) is 6. The van der Waals surface area contributed by atoms with Crippen LogP contribution >= 0.6 is 0 Å². The molecule has 2 aromatic heterocycles. The molecule has 1 fully saturated rings. The lowest BCUT2D eigenvalue weighted by molar-refractivity contribution is -0.133. The third-order valence-electron chi connectivity index (χ3n) is 6.28. The zero-order valence-electron chi connectivity index (χ0n) is 19.0. The molecule has 8 nitrogen and oxygen atoms in total. The number of oxazole rings is 1. The van der Waals surface area contributed by atoms with Crippen molar-refractivity contribution in [3.05, 3.63) is 88.5 Å². The minimum Gasteiger partial charge on any atom is -0.497 e. The van der Waals surface area contributed by atoms with E-state index in [1.807, 2.05) is 42.5 Å². The monoisotopic (exact) mass is 458 g/mol. The van der Waals surface area contributed by atoms with Crippen molar-refractivity contribution in [2.75, 3.05) is 20.2 Å². The van der Waals surface area contributed by atoms with E-state index in [2.05, 4.69) is 10.1 Å². The molecule has 1 aliphatic rings. The van der Waals surface area contributed by atoms with Gasteiger partial charge in [-0.15, -0.1) is 0 Å². The second kappa shape index (κ2) is 9.51. The summed E-state index contributed by atoms with van der Waals surface area (Å²) in [5, 5.41) is 5.52. The zero-order valence-corrected chi connectivity index (χ0v) is 19.0. The fourth-order valence-electron chi connectivity index (χ4n) is 4.41. The van der Waals surface area contributed by atoms with Crippen LogP contribution in [-0.4, -0.2) is 45.8 Å². The maximum absolute atomic E-state index is 13.0. The first-order chi connectivity index (χ1) is 16.6. The molecule has 174 valence electrons. The molecule has 1 saturated heterocycles. The number of carbonyl (C=O) groups is 1. The molecule has 1 amide bonds. The largest absolute Gasteiger partial charge is 0.497 e. The number of methoxy groups -OCH3 is 1. The topological polar surface area (TPSA) is 90.5 Å². The van der Waals surface area contributed by atoms with Gasteiger partial charge in [-0.3, -0.25) is 9.59 Å². The summed E-state index contributed by atoms with van der Waals surface area (Å²) in [4.78, 5) is 32.0. The van der Waals surface area contributed by atoms with E-state index >= 15 is 0 Å². The number of ether oxygens (including phenoxy) is 1. The Balaban J connectivity index is 1.24. The van der Waals surface area contributed by atoms with Gasteiger partial charge in [-0.2, -0.15) is 5.10 Å². The van der Waals surface area contributed by atoms with Crippen LogP contribution in [0.15, 0.2) is 70.1 Å². The van der Waals surface area contributed by atoms with Crippen molar-refractivity contribution in [1.29, 1.82) is 0 Å². The van der Waals surface area contributed by atoms with Gasteiger partial charge in [-0.05, 0) is 36.6 Å². The van der Waals surface area contributed by atoms with Crippen LogP contribution in [0.4, 0.5) is 0 Å². The summed E-state index contributed by atoms with van der Waals surface area (Å²) in [7, 11) is 1.65. The lowest BCUT2D eigenvalue weighted by Gasteiger charge is -2.31. The highest BCUT2D eigenvalue weighted by molar-refractivity contribution is 5.81. The fourth-order valence-corrected chi connectivity index (χ4v) is 4.41. The highest BCUT2D eigenvalue weighted by atomic mass is 16.5. The number of aromatic nitrogens is 3. The molecule has 1 atom stereocenters. The summed E-state index contributed by atoms with van der Waals surface area (Å²) in [5.74, 6) is 2.16. The van der Waals surface area contributed by atoms with E-state index in [0.717, 1.165) is 35.3 Å². The minimum absolute atomic E-state index is 0.0311. The molecule has 5 rings (SSSR count). The van der Waals surface area contributed by atoms with Crippen LogP contribution in [0.1, 0.15) is 36.0 Å². The molecule has 0 spiro atoms. The number of likely N-dealkylation sites (tertiary alicyclic amines) is 1. The molecule has 0 bridgehead atoms. The molecule has 0 radical (unpaired) electrons. The van der Waals surface area contributed by atoms with Crippen LogP contribution in [-0.2, 0) is 17.8 Å². The number of piperidine rings is 1. The Morgan fingerprint density at radius 2 is 1.97 bits per heavy atom. The molecule has 8 heteroatoms. The number of benzene rings is 2. The molecule has 0 saturated carbocycles. The average Bonchev–Trinajstić information content (AvgIpc) is 3.35. The van der Waals surface area contributed by atoms with E-state index < -0.39 is 0 Å². The van der Waals surface area contributed by atoms with Gasteiger partial charge in [0.15, 0.2) is 5.89 Å². The maximum atomic E-state index is 13.0. The predicted molar refractivity (Wildman–Crippen MR) is 127 cm³/mol. The average molecular weight is 459 g/mol. The third-order valence-corrected chi connectivity index (χ3v) is 6.28. The third kappa shape index (κ3) is 4.57. The van der Waals surface area contributed by atoms with Gasteiger partial charge in [0.05, 0.1) is 30.8 Å². The van der Waals surface area contributed by atoms with Crippen LogP contribution in [0.2, 0.25) is 0 Å². The molecule has 1 aliphatic heterocycles. The van der Waals surface area contributed by atoms with Gasteiger partial charge in [0, 0.05) is 24.9 Å². The van der Waals surface area contributed by atoms with Gasteiger partial charge in [0.25, 0.3) is 5.56 Å². The number of nitrogens with zero attached hydrogens (tertiary/aromatic N) is 4. The van der Waals surface area contributed by atoms with Crippen molar-refractivity contribution < 1.29 is 13.9 Å². The molecule has 34 heavy (non-hydrogen) atoms. The Kier molecular flexibility index (Phi) is 6.12. The summed E-state index contributed by atoms with van der Waals surface area (Å²) in [6, 6.07) is 15.1. The van der Waals surface area contributed by atoms with Gasteiger partial charge in [-0.1, -0.05) is 30.3 Å². The van der Waals surface area contributed by atoms with Crippen molar-refractivity contribution in [3.8, 4) is 5.75 Å². The van der Waals surface area contributed by atoms with Crippen LogP contribution in [0.25, 0.3) is 10.8 Å². The Labute approximate surface area is 196 Å². The van der Waals surface area contributed by atoms with E-state index in [9.17, 15) is 9.59 Å². The molecule has 0 unspecified atom stereocenters. The first kappa shape index (κ1) is 21.9. The Morgan fingerprint density at radius 3 is 2.79 bits per heavy atom. The number of carbonyl (C=O) groups excluding carboxylic acids is 1. The minimum atomic E-state index is -0.254. The summed E-state index contributed by atoms with van der Waals surface area (Å²) in [6.07, 6.45) is 5.79. The fraction of sp³-hybridized carbons (Fsp3) is 0.308. The summed E-state index contributed by atoms with van der Waals surface area (Å²) in [6.45, 7) is 1.09. The number of amides is 1. The van der Waals surface area contributed by atoms with Crippen LogP contribution in [0, 0.1) is 0 Å². The normalized spacial score (nSPS) is 16.0. The molecule has 4 aromatic rings. The van der Waals surface area contributed by atoms with Crippen LogP contribution < -0.4 is 10.3 Å². The van der Waals surface area contributed by atoms with E-state index in [4.69, 9.17) is 9.15 Å². The molecular weight excluding hydrogens is 432 g/mol. The first-order valence-corrected chi connectivity index (χ1v) is 11.4. The summed E-state index contributed by atoms with van der Waals surface area (Å²) < 4.78 is 12.5. The Hall–Kier alpha value is -3.94. The highest BCUT2D eigenvalue weighted by Gasteiger charge is 2.28. The van der Waals surface area contributed by atoms with Gasteiger partial charge >= 0.3 is 0 Å². The highest BCUT2D eigenvalue weighted by Crippen LogP contribution is 2.27. The maximum Gasteiger partial charge on any atom is 0.275 e. The van der Waals surface area contributed by atoms with Crippen molar-refractivity contribution in [3.63, 3.8) is 0 Å². The van der Waals surface area contributed by atoms with Crippen molar-refractivity contribution in [1.82, 2.24) is 19.7 Å².